The van der Waals surface area contributed by atoms with Gasteiger partial charge in [0.2, 0.25) is 0 Å². The topological polar surface area (TPSA) is 104 Å². The molecule has 0 aromatic carbocycles. The molecule has 0 amide bonds. The van der Waals surface area contributed by atoms with Crippen molar-refractivity contribution in [1.29, 1.82) is 0 Å². The maximum absolute atomic E-state index is 11.6. The zero-order chi connectivity index (χ0) is 13.8. The second-order valence-electron chi connectivity index (χ2n) is 3.58. The van der Waals surface area contributed by atoms with Gasteiger partial charge in [-0.25, -0.2) is 4.98 Å². The van der Waals surface area contributed by atoms with Crippen LogP contribution in [0.25, 0.3) is 11.2 Å². The summed E-state index contributed by atoms with van der Waals surface area (Å²) in [6.45, 7) is 2.14. The van der Waals surface area contributed by atoms with E-state index in [2.05, 4.69) is 19.9 Å². The van der Waals surface area contributed by atoms with Gasteiger partial charge in [0.05, 0.1) is 13.0 Å². The highest BCUT2D eigenvalue weighted by Crippen LogP contribution is 2.17. The molecule has 2 aromatic heterocycles. The number of carbonyl (C=O) groups excluding carboxylic acids is 1. The lowest BCUT2D eigenvalue weighted by molar-refractivity contribution is -0.142. The van der Waals surface area contributed by atoms with Crippen molar-refractivity contribution in [1.82, 2.24) is 19.9 Å². The molecule has 3 N–H and O–H groups in total. The molecule has 0 aliphatic heterocycles. The van der Waals surface area contributed by atoms with Crippen LogP contribution in [-0.4, -0.2) is 38.3 Å². The first-order chi connectivity index (χ1) is 9.10. The molecule has 2 aromatic rings. The molecule has 0 spiro atoms. The van der Waals surface area contributed by atoms with Gasteiger partial charge < -0.3 is 14.7 Å². The van der Waals surface area contributed by atoms with E-state index in [4.69, 9.17) is 17.0 Å². The molecular formula is C10H12N4O3S2. The van der Waals surface area contributed by atoms with E-state index < -0.39 is 0 Å². The monoisotopic (exact) mass is 300 g/mol. The Kier molecular flexibility index (Phi) is 4.38. The molecule has 9 heteroatoms. The van der Waals surface area contributed by atoms with E-state index in [1.54, 1.807) is 6.92 Å². The summed E-state index contributed by atoms with van der Waals surface area (Å²) in [5.74, 6) is 0.278. The van der Waals surface area contributed by atoms with E-state index in [0.717, 1.165) is 0 Å². The Balaban J connectivity index is 2.06. The van der Waals surface area contributed by atoms with Crippen molar-refractivity contribution in [3.05, 3.63) is 15.1 Å². The molecule has 0 saturated carbocycles. The smallest absolute Gasteiger partial charge is 0.306 e. The number of hydrogen-bond donors (Lipinski definition) is 3. The largest absolute Gasteiger partial charge is 0.466 e. The molecule has 0 unspecified atom stereocenters. The Labute approximate surface area is 117 Å². The SMILES string of the molecule is CCOC(=O)CCSc1nc2[nH]c(=S)[nH]c(=O)c2[nH]1. The van der Waals surface area contributed by atoms with E-state index in [1.807, 2.05) is 0 Å². The third-order valence-corrected chi connectivity index (χ3v) is 3.30. The molecule has 0 aliphatic carbocycles. The van der Waals surface area contributed by atoms with E-state index >= 15 is 0 Å². The lowest BCUT2D eigenvalue weighted by atomic mass is 10.5. The van der Waals surface area contributed by atoms with Crippen LogP contribution in [0.1, 0.15) is 13.3 Å². The number of rotatable bonds is 5. The first-order valence-electron chi connectivity index (χ1n) is 5.61. The Bertz CT molecular complexity index is 703. The summed E-state index contributed by atoms with van der Waals surface area (Å²) in [5.41, 5.74) is 0.433. The average molecular weight is 300 g/mol. The van der Waals surface area contributed by atoms with E-state index in [-0.39, 0.29) is 16.3 Å². The predicted molar refractivity (Wildman–Crippen MR) is 73.9 cm³/mol. The number of aromatic amines is 3. The van der Waals surface area contributed by atoms with Gasteiger partial charge in [0.15, 0.2) is 15.6 Å². The normalized spacial score (nSPS) is 10.8. The summed E-state index contributed by atoms with van der Waals surface area (Å²) in [7, 11) is 0. The van der Waals surface area contributed by atoms with Crippen LogP contribution >= 0.6 is 24.0 Å². The fourth-order valence-corrected chi connectivity index (χ4v) is 2.42. The summed E-state index contributed by atoms with van der Waals surface area (Å²) in [6, 6.07) is 0. The van der Waals surface area contributed by atoms with Crippen LogP contribution in [0.4, 0.5) is 0 Å². The highest BCUT2D eigenvalue weighted by Gasteiger charge is 2.08. The number of H-pyrrole nitrogens is 3. The summed E-state index contributed by atoms with van der Waals surface area (Å²) in [4.78, 5) is 35.1. The van der Waals surface area contributed by atoms with Crippen LogP contribution in [0.15, 0.2) is 9.95 Å². The zero-order valence-corrected chi connectivity index (χ0v) is 11.7. The highest BCUT2D eigenvalue weighted by atomic mass is 32.2. The van der Waals surface area contributed by atoms with Gasteiger partial charge in [0.1, 0.15) is 5.52 Å². The van der Waals surface area contributed by atoms with Crippen LogP contribution < -0.4 is 5.56 Å². The van der Waals surface area contributed by atoms with Gasteiger partial charge in [0.25, 0.3) is 5.56 Å². The van der Waals surface area contributed by atoms with Crippen molar-refractivity contribution in [2.75, 3.05) is 12.4 Å². The third-order valence-electron chi connectivity index (χ3n) is 2.22. The number of nitrogens with zero attached hydrogens (tertiary/aromatic N) is 1. The second kappa shape index (κ2) is 6.02. The first kappa shape index (κ1) is 13.8. The van der Waals surface area contributed by atoms with Crippen LogP contribution in [0.3, 0.4) is 0 Å². The highest BCUT2D eigenvalue weighted by molar-refractivity contribution is 7.99. The summed E-state index contributed by atoms with van der Waals surface area (Å²) >= 11 is 6.19. The molecule has 0 fully saturated rings. The van der Waals surface area contributed by atoms with Crippen LogP contribution in [0.2, 0.25) is 0 Å². The molecule has 19 heavy (non-hydrogen) atoms. The maximum Gasteiger partial charge on any atom is 0.306 e. The number of thioether (sulfide) groups is 1. The Morgan fingerprint density at radius 3 is 2.95 bits per heavy atom. The Hall–Kier alpha value is -1.61. The standard InChI is InChI=1S/C10H12N4O3S2/c1-2-17-5(15)3-4-19-10-11-6-7(13-10)12-9(18)14-8(6)16/h2-4H2,1H3,(H3,11,12,13,14,16,18). The van der Waals surface area contributed by atoms with Crippen molar-refractivity contribution < 1.29 is 9.53 Å². The lowest BCUT2D eigenvalue weighted by Crippen LogP contribution is -2.07. The van der Waals surface area contributed by atoms with Crippen LogP contribution in [-0.2, 0) is 9.53 Å². The Morgan fingerprint density at radius 1 is 1.42 bits per heavy atom. The molecule has 0 radical (unpaired) electrons. The first-order valence-corrected chi connectivity index (χ1v) is 7.00. The zero-order valence-electron chi connectivity index (χ0n) is 10.1. The minimum atomic E-state index is -0.316. The van der Waals surface area contributed by atoms with E-state index in [1.165, 1.54) is 11.8 Å². The van der Waals surface area contributed by atoms with Crippen molar-refractivity contribution in [3.63, 3.8) is 0 Å². The van der Waals surface area contributed by atoms with E-state index in [9.17, 15) is 9.59 Å². The second-order valence-corrected chi connectivity index (χ2v) is 5.07. The van der Waals surface area contributed by atoms with Gasteiger partial charge in [-0.05, 0) is 19.1 Å². The summed E-state index contributed by atoms with van der Waals surface area (Å²) in [6.07, 6.45) is 0.294. The molecule has 0 saturated heterocycles. The molecule has 0 bridgehead atoms. The van der Waals surface area contributed by atoms with Gasteiger partial charge in [-0.1, -0.05) is 11.8 Å². The van der Waals surface area contributed by atoms with Gasteiger partial charge in [-0.2, -0.15) is 0 Å². The number of nitrogens with one attached hydrogen (secondary N) is 3. The van der Waals surface area contributed by atoms with Gasteiger partial charge in [-0.15, -0.1) is 0 Å². The quantitative estimate of drug-likeness (QED) is 0.437. The molecule has 2 heterocycles. The molecule has 102 valence electrons. The average Bonchev–Trinajstić information content (AvgIpc) is 2.72. The number of aromatic nitrogens is 4. The van der Waals surface area contributed by atoms with E-state index in [0.29, 0.717) is 35.1 Å². The molecule has 0 atom stereocenters. The van der Waals surface area contributed by atoms with Gasteiger partial charge in [0, 0.05) is 5.75 Å². The molecule has 2 rings (SSSR count). The van der Waals surface area contributed by atoms with Crippen LogP contribution in [0.5, 0.6) is 0 Å². The van der Waals surface area contributed by atoms with Crippen molar-refractivity contribution in [3.8, 4) is 0 Å². The van der Waals surface area contributed by atoms with Crippen molar-refractivity contribution >= 4 is 41.1 Å². The molecule has 7 nitrogen and oxygen atoms in total. The van der Waals surface area contributed by atoms with Crippen molar-refractivity contribution in [2.45, 2.75) is 18.5 Å². The fourth-order valence-electron chi connectivity index (χ4n) is 1.44. The Morgan fingerprint density at radius 2 is 2.21 bits per heavy atom. The fraction of sp³-hybridized carbons (Fsp3) is 0.400. The minimum Gasteiger partial charge on any atom is -0.466 e. The minimum absolute atomic E-state index is 0.229. The third kappa shape index (κ3) is 3.44. The van der Waals surface area contributed by atoms with Gasteiger partial charge >= 0.3 is 5.97 Å². The van der Waals surface area contributed by atoms with Crippen LogP contribution in [0, 0.1) is 4.77 Å². The molecular weight excluding hydrogens is 288 g/mol. The van der Waals surface area contributed by atoms with Gasteiger partial charge in [-0.3, -0.25) is 14.6 Å². The van der Waals surface area contributed by atoms with Crippen molar-refractivity contribution in [2.24, 2.45) is 0 Å². The summed E-state index contributed by atoms with van der Waals surface area (Å²) < 4.78 is 5.04. The number of ether oxygens (including phenoxy) is 1. The molecule has 0 aliphatic rings. The number of esters is 1. The predicted octanol–water partition coefficient (Wildman–Crippen LogP) is 1.35. The number of fused-ring (bicyclic) bond motifs is 1. The maximum atomic E-state index is 11.6. The number of hydrogen-bond acceptors (Lipinski definition) is 6. The number of carbonyl (C=O) groups is 1. The number of imidazole rings is 1. The summed E-state index contributed by atoms with van der Waals surface area (Å²) in [5, 5.41) is 0.557. The lowest BCUT2D eigenvalue weighted by Gasteiger charge is -1.99.